The summed E-state index contributed by atoms with van der Waals surface area (Å²) in [5.74, 6) is 1.93. The lowest BCUT2D eigenvalue weighted by molar-refractivity contribution is 0.297. The molecule has 0 amide bonds. The van der Waals surface area contributed by atoms with Gasteiger partial charge in [0, 0.05) is 17.1 Å². The van der Waals surface area contributed by atoms with Gasteiger partial charge in [-0.2, -0.15) is 0 Å². The molecule has 0 aliphatic rings. The van der Waals surface area contributed by atoms with Gasteiger partial charge in [-0.25, -0.2) is 4.98 Å². The Kier molecular flexibility index (Phi) is 6.38. The van der Waals surface area contributed by atoms with Crippen molar-refractivity contribution in [1.82, 2.24) is 9.55 Å². The van der Waals surface area contributed by atoms with Gasteiger partial charge in [0.25, 0.3) is 5.56 Å². The van der Waals surface area contributed by atoms with E-state index in [9.17, 15) is 4.79 Å². The van der Waals surface area contributed by atoms with Crippen molar-refractivity contribution < 1.29 is 4.74 Å². The first-order valence-electron chi connectivity index (χ1n) is 10.5. The van der Waals surface area contributed by atoms with Crippen LogP contribution in [0.5, 0.6) is 5.75 Å². The maximum Gasteiger partial charge on any atom is 0.261 e. The number of hydrogen-bond donors (Lipinski definition) is 0. The average molecular weight is 433 g/mol. The lowest BCUT2D eigenvalue weighted by atomic mass is 10.0. The van der Waals surface area contributed by atoms with E-state index in [1.807, 2.05) is 66.7 Å². The Morgan fingerprint density at radius 1 is 0.968 bits per heavy atom. The van der Waals surface area contributed by atoms with Gasteiger partial charge in [-0.05, 0) is 60.4 Å². The first-order chi connectivity index (χ1) is 15.0. The van der Waals surface area contributed by atoms with E-state index in [1.165, 1.54) is 5.56 Å². The standard InChI is InChI=1S/C26H25ClN2O2/c1-18(2)21-8-4-6-11-24(21)31-17-7-16-29-25(19-12-14-20(27)15-13-19)28-23-10-5-3-9-22(23)26(29)30/h3-6,8-15,18H,7,16-17H2,1-2H3. The number of hydrogen-bond acceptors (Lipinski definition) is 3. The third-order valence-electron chi connectivity index (χ3n) is 5.29. The molecule has 0 aliphatic heterocycles. The van der Waals surface area contributed by atoms with Crippen LogP contribution in [-0.4, -0.2) is 16.2 Å². The molecule has 0 spiro atoms. The molecule has 1 aromatic heterocycles. The number of nitrogens with zero attached hydrogens (tertiary/aromatic N) is 2. The molecule has 0 atom stereocenters. The molecule has 0 radical (unpaired) electrons. The van der Waals surface area contributed by atoms with E-state index in [4.69, 9.17) is 21.3 Å². The lowest BCUT2D eigenvalue weighted by Gasteiger charge is -2.16. The van der Waals surface area contributed by atoms with Crippen LogP contribution in [0.15, 0.2) is 77.6 Å². The van der Waals surface area contributed by atoms with Crippen LogP contribution in [0, 0.1) is 0 Å². The minimum atomic E-state index is -0.0434. The largest absolute Gasteiger partial charge is 0.493 e. The van der Waals surface area contributed by atoms with Gasteiger partial charge in [0.15, 0.2) is 0 Å². The maximum absolute atomic E-state index is 13.3. The monoisotopic (exact) mass is 432 g/mol. The molecule has 5 heteroatoms. The summed E-state index contributed by atoms with van der Waals surface area (Å²) in [4.78, 5) is 18.0. The Hall–Kier alpha value is -3.11. The Morgan fingerprint density at radius 3 is 2.45 bits per heavy atom. The van der Waals surface area contributed by atoms with Crippen molar-refractivity contribution in [3.63, 3.8) is 0 Å². The fourth-order valence-electron chi connectivity index (χ4n) is 3.69. The van der Waals surface area contributed by atoms with E-state index in [0.29, 0.717) is 47.2 Å². The molecule has 0 N–H and O–H groups in total. The van der Waals surface area contributed by atoms with Gasteiger partial charge < -0.3 is 4.74 Å². The van der Waals surface area contributed by atoms with Gasteiger partial charge >= 0.3 is 0 Å². The van der Waals surface area contributed by atoms with Crippen LogP contribution in [0.4, 0.5) is 0 Å². The lowest BCUT2D eigenvalue weighted by Crippen LogP contribution is -2.24. The number of para-hydroxylation sites is 2. The summed E-state index contributed by atoms with van der Waals surface area (Å²) in [6.07, 6.45) is 0.687. The van der Waals surface area contributed by atoms with Crippen LogP contribution in [0.1, 0.15) is 31.7 Å². The summed E-state index contributed by atoms with van der Waals surface area (Å²) in [6, 6.07) is 23.0. The molecular formula is C26H25ClN2O2. The highest BCUT2D eigenvalue weighted by atomic mass is 35.5. The molecule has 31 heavy (non-hydrogen) atoms. The number of fused-ring (bicyclic) bond motifs is 1. The van der Waals surface area contributed by atoms with E-state index in [0.717, 1.165) is 11.3 Å². The number of rotatable bonds is 7. The van der Waals surface area contributed by atoms with Crippen molar-refractivity contribution in [1.29, 1.82) is 0 Å². The molecular weight excluding hydrogens is 408 g/mol. The molecule has 0 bridgehead atoms. The Balaban J connectivity index is 1.61. The zero-order valence-corrected chi connectivity index (χ0v) is 18.5. The van der Waals surface area contributed by atoms with Gasteiger partial charge in [-0.1, -0.05) is 55.8 Å². The van der Waals surface area contributed by atoms with Crippen LogP contribution < -0.4 is 10.3 Å². The molecule has 0 saturated heterocycles. The Bertz CT molecular complexity index is 1250. The highest BCUT2D eigenvalue weighted by Crippen LogP contribution is 2.26. The summed E-state index contributed by atoms with van der Waals surface area (Å²) >= 11 is 6.06. The van der Waals surface area contributed by atoms with E-state index >= 15 is 0 Å². The highest BCUT2D eigenvalue weighted by molar-refractivity contribution is 6.30. The third-order valence-corrected chi connectivity index (χ3v) is 5.54. The number of ether oxygens (including phenoxy) is 1. The van der Waals surface area contributed by atoms with Crippen molar-refractivity contribution in [2.45, 2.75) is 32.7 Å². The third kappa shape index (κ3) is 4.64. The summed E-state index contributed by atoms with van der Waals surface area (Å²) in [7, 11) is 0. The van der Waals surface area contributed by atoms with Crippen molar-refractivity contribution in [2.75, 3.05) is 6.61 Å². The number of halogens is 1. The molecule has 4 rings (SSSR count). The SMILES string of the molecule is CC(C)c1ccccc1OCCCn1c(-c2ccc(Cl)cc2)nc2ccccc2c1=O. The molecule has 4 nitrogen and oxygen atoms in total. The topological polar surface area (TPSA) is 44.1 Å². The first kappa shape index (κ1) is 21.1. The molecule has 0 fully saturated rings. The zero-order valence-electron chi connectivity index (χ0n) is 17.7. The smallest absolute Gasteiger partial charge is 0.261 e. The number of benzene rings is 3. The predicted octanol–water partition coefficient (Wildman–Crippen LogP) is 6.31. The normalized spacial score (nSPS) is 11.2. The van der Waals surface area contributed by atoms with Crippen molar-refractivity contribution in [2.24, 2.45) is 0 Å². The fourth-order valence-corrected chi connectivity index (χ4v) is 3.81. The molecule has 158 valence electrons. The molecule has 4 aromatic rings. The van der Waals surface area contributed by atoms with Crippen LogP contribution in [0.2, 0.25) is 5.02 Å². The fraction of sp³-hybridized carbons (Fsp3) is 0.231. The van der Waals surface area contributed by atoms with Crippen LogP contribution >= 0.6 is 11.6 Å². The van der Waals surface area contributed by atoms with Gasteiger partial charge in [-0.3, -0.25) is 9.36 Å². The average Bonchev–Trinajstić information content (AvgIpc) is 2.78. The predicted molar refractivity (Wildman–Crippen MR) is 127 cm³/mol. The van der Waals surface area contributed by atoms with Gasteiger partial charge in [0.1, 0.15) is 11.6 Å². The van der Waals surface area contributed by atoms with E-state index < -0.39 is 0 Å². The summed E-state index contributed by atoms with van der Waals surface area (Å²) in [6.45, 7) is 5.34. The van der Waals surface area contributed by atoms with Crippen LogP contribution in [-0.2, 0) is 6.54 Å². The minimum absolute atomic E-state index is 0.0434. The van der Waals surface area contributed by atoms with Crippen molar-refractivity contribution in [3.05, 3.63) is 93.7 Å². The second-order valence-corrected chi connectivity index (χ2v) is 8.25. The van der Waals surface area contributed by atoms with Crippen molar-refractivity contribution in [3.8, 4) is 17.1 Å². The summed E-state index contributed by atoms with van der Waals surface area (Å²) < 4.78 is 7.79. The highest BCUT2D eigenvalue weighted by Gasteiger charge is 2.13. The van der Waals surface area contributed by atoms with Crippen LogP contribution in [0.25, 0.3) is 22.3 Å². The van der Waals surface area contributed by atoms with Gasteiger partial charge in [0.05, 0.1) is 17.5 Å². The first-order valence-corrected chi connectivity index (χ1v) is 10.9. The molecule has 1 heterocycles. The van der Waals surface area contributed by atoms with Gasteiger partial charge in [-0.15, -0.1) is 0 Å². The Morgan fingerprint density at radius 2 is 1.68 bits per heavy atom. The van der Waals surface area contributed by atoms with E-state index in [1.54, 1.807) is 4.57 Å². The minimum Gasteiger partial charge on any atom is -0.493 e. The second-order valence-electron chi connectivity index (χ2n) is 7.81. The van der Waals surface area contributed by atoms with Gasteiger partial charge in [0.2, 0.25) is 0 Å². The molecule has 0 aliphatic carbocycles. The quantitative estimate of drug-likeness (QED) is 0.321. The molecule has 0 saturated carbocycles. The maximum atomic E-state index is 13.3. The van der Waals surface area contributed by atoms with E-state index in [-0.39, 0.29) is 5.56 Å². The zero-order chi connectivity index (χ0) is 21.8. The molecule has 0 unspecified atom stereocenters. The number of aromatic nitrogens is 2. The summed E-state index contributed by atoms with van der Waals surface area (Å²) in [5, 5.41) is 1.27. The molecule has 3 aromatic carbocycles. The second kappa shape index (κ2) is 9.36. The van der Waals surface area contributed by atoms with Crippen LogP contribution in [0.3, 0.4) is 0 Å². The summed E-state index contributed by atoms with van der Waals surface area (Å²) in [5.41, 5.74) is 2.70. The Labute approximate surface area is 187 Å². The van der Waals surface area contributed by atoms with Crippen molar-refractivity contribution >= 4 is 22.5 Å². The van der Waals surface area contributed by atoms with E-state index in [2.05, 4.69) is 19.9 Å².